The first kappa shape index (κ1) is 14.5. The third-order valence-electron chi connectivity index (χ3n) is 2.93. The first-order valence-electron chi connectivity index (χ1n) is 5.95. The Hall–Kier alpha value is -1.88. The lowest BCUT2D eigenvalue weighted by molar-refractivity contribution is -0.127. The lowest BCUT2D eigenvalue weighted by atomic mass is 9.95. The van der Waals surface area contributed by atoms with Gasteiger partial charge in [0.15, 0.2) is 0 Å². The molecule has 0 radical (unpaired) electrons. The molecule has 0 spiro atoms. The Balaban J connectivity index is 2.34. The minimum absolute atomic E-state index is 0.0109. The van der Waals surface area contributed by atoms with E-state index in [4.69, 9.17) is 0 Å². The van der Waals surface area contributed by atoms with Gasteiger partial charge in [-0.3, -0.25) is 0 Å². The van der Waals surface area contributed by atoms with E-state index in [2.05, 4.69) is 0 Å². The van der Waals surface area contributed by atoms with E-state index in [0.29, 0.717) is 5.56 Å². The van der Waals surface area contributed by atoms with E-state index >= 15 is 0 Å². The van der Waals surface area contributed by atoms with Crippen molar-refractivity contribution in [3.05, 3.63) is 71.0 Å². The topological polar surface area (TPSA) is 20.2 Å². The van der Waals surface area contributed by atoms with Crippen LogP contribution in [-0.2, 0) is 6.42 Å². The number of rotatable bonds is 3. The van der Waals surface area contributed by atoms with Crippen LogP contribution in [0.2, 0.25) is 0 Å². The van der Waals surface area contributed by atoms with Gasteiger partial charge >= 0.3 is 6.18 Å². The fourth-order valence-corrected chi connectivity index (χ4v) is 2.00. The number of aliphatic hydroxyl groups excluding tert-OH is 1. The third-order valence-corrected chi connectivity index (χ3v) is 2.93. The maximum absolute atomic E-state index is 12.8. The molecule has 0 heterocycles. The molecule has 0 aromatic heterocycles. The number of aliphatic hydroxyl groups is 1. The van der Waals surface area contributed by atoms with E-state index in [-0.39, 0.29) is 11.1 Å². The molecule has 1 N–H and O–H groups in total. The summed E-state index contributed by atoms with van der Waals surface area (Å²) < 4.78 is 50.4. The third kappa shape index (κ3) is 3.57. The summed E-state index contributed by atoms with van der Waals surface area (Å²) in [6.07, 6.45) is -6.67. The second kappa shape index (κ2) is 5.63. The van der Waals surface area contributed by atoms with Gasteiger partial charge in [-0.2, -0.15) is 13.2 Å². The molecule has 0 aliphatic rings. The van der Waals surface area contributed by atoms with E-state index < -0.39 is 24.5 Å². The van der Waals surface area contributed by atoms with Gasteiger partial charge in [0.1, 0.15) is 11.9 Å². The van der Waals surface area contributed by atoms with E-state index in [9.17, 15) is 22.7 Å². The van der Waals surface area contributed by atoms with Crippen molar-refractivity contribution in [1.82, 2.24) is 0 Å². The Labute approximate surface area is 113 Å². The second-order valence-electron chi connectivity index (χ2n) is 4.44. The smallest absolute Gasteiger partial charge is 0.384 e. The van der Waals surface area contributed by atoms with Crippen LogP contribution in [0.3, 0.4) is 0 Å². The highest BCUT2D eigenvalue weighted by atomic mass is 19.4. The van der Waals surface area contributed by atoms with Crippen LogP contribution in [0.1, 0.15) is 22.8 Å². The van der Waals surface area contributed by atoms with Crippen molar-refractivity contribution in [2.75, 3.05) is 0 Å². The molecular formula is C15H12F4O. The van der Waals surface area contributed by atoms with Gasteiger partial charge in [0.25, 0.3) is 0 Å². The molecule has 0 amide bonds. The molecule has 0 fully saturated rings. The lowest BCUT2D eigenvalue weighted by Crippen LogP contribution is -2.14. The maximum atomic E-state index is 12.8. The zero-order valence-electron chi connectivity index (χ0n) is 10.4. The second-order valence-corrected chi connectivity index (χ2v) is 4.44. The van der Waals surface area contributed by atoms with Crippen molar-refractivity contribution in [3.63, 3.8) is 0 Å². The molecule has 2 rings (SSSR count). The Kier molecular flexibility index (Phi) is 4.09. The fraction of sp³-hybridized carbons (Fsp3) is 0.200. The Morgan fingerprint density at radius 1 is 0.950 bits per heavy atom. The molecule has 0 aliphatic carbocycles. The highest BCUT2D eigenvalue weighted by molar-refractivity contribution is 5.36. The standard InChI is InChI=1S/C15H12F4O/c16-12-7-5-10(6-8-12)14(20)13-4-2-1-3-11(13)9-15(17,18)19/h1-8,14,20H,9H2. The van der Waals surface area contributed by atoms with E-state index in [0.717, 1.165) is 12.1 Å². The van der Waals surface area contributed by atoms with E-state index in [1.54, 1.807) is 6.07 Å². The van der Waals surface area contributed by atoms with Crippen LogP contribution in [0.4, 0.5) is 17.6 Å². The Morgan fingerprint density at radius 2 is 1.55 bits per heavy atom. The molecule has 0 bridgehead atoms. The molecular weight excluding hydrogens is 272 g/mol. The number of alkyl halides is 3. The van der Waals surface area contributed by atoms with Crippen molar-refractivity contribution in [2.45, 2.75) is 18.7 Å². The highest BCUT2D eigenvalue weighted by Gasteiger charge is 2.29. The average molecular weight is 284 g/mol. The largest absolute Gasteiger partial charge is 0.393 e. The molecule has 1 unspecified atom stereocenters. The molecule has 5 heteroatoms. The van der Waals surface area contributed by atoms with E-state index in [1.807, 2.05) is 0 Å². The number of halogens is 4. The monoisotopic (exact) mass is 284 g/mol. The molecule has 0 aliphatic heterocycles. The first-order valence-corrected chi connectivity index (χ1v) is 5.95. The predicted octanol–water partition coefficient (Wildman–Crippen LogP) is 4.01. The van der Waals surface area contributed by atoms with Crippen LogP contribution in [0.25, 0.3) is 0 Å². The summed E-state index contributed by atoms with van der Waals surface area (Å²) in [5.41, 5.74) is 0.536. The summed E-state index contributed by atoms with van der Waals surface area (Å²) >= 11 is 0. The molecule has 0 saturated heterocycles. The highest BCUT2D eigenvalue weighted by Crippen LogP contribution is 2.29. The van der Waals surface area contributed by atoms with Crippen LogP contribution in [-0.4, -0.2) is 11.3 Å². The van der Waals surface area contributed by atoms with Crippen LogP contribution in [0.5, 0.6) is 0 Å². The van der Waals surface area contributed by atoms with Crippen molar-refractivity contribution >= 4 is 0 Å². The summed E-state index contributed by atoms with van der Waals surface area (Å²) in [5.74, 6) is -0.468. The van der Waals surface area contributed by atoms with Gasteiger partial charge in [0.2, 0.25) is 0 Å². The first-order chi connectivity index (χ1) is 9.37. The SMILES string of the molecule is OC(c1ccc(F)cc1)c1ccccc1CC(F)(F)F. The van der Waals surface area contributed by atoms with Gasteiger partial charge in [0, 0.05) is 0 Å². The molecule has 106 valence electrons. The molecule has 20 heavy (non-hydrogen) atoms. The Bertz CT molecular complexity index is 575. The van der Waals surface area contributed by atoms with E-state index in [1.165, 1.54) is 30.3 Å². The van der Waals surface area contributed by atoms with Gasteiger partial charge in [0.05, 0.1) is 6.42 Å². The number of hydrogen-bond donors (Lipinski definition) is 1. The molecule has 2 aromatic carbocycles. The molecule has 2 aromatic rings. The average Bonchev–Trinajstić information content (AvgIpc) is 2.37. The summed E-state index contributed by atoms with van der Waals surface area (Å²) in [5, 5.41) is 10.2. The van der Waals surface area contributed by atoms with Gasteiger partial charge in [-0.05, 0) is 28.8 Å². The van der Waals surface area contributed by atoms with Crippen molar-refractivity contribution in [1.29, 1.82) is 0 Å². The molecule has 1 atom stereocenters. The molecule has 1 nitrogen and oxygen atoms in total. The van der Waals surface area contributed by atoms with Crippen LogP contribution >= 0.6 is 0 Å². The number of hydrogen-bond acceptors (Lipinski definition) is 1. The normalized spacial score (nSPS) is 13.2. The molecule has 0 saturated carbocycles. The summed E-state index contributed by atoms with van der Waals surface area (Å²) in [6.45, 7) is 0. The summed E-state index contributed by atoms with van der Waals surface area (Å²) in [7, 11) is 0. The fourth-order valence-electron chi connectivity index (χ4n) is 2.00. The predicted molar refractivity (Wildman–Crippen MR) is 66.7 cm³/mol. The summed E-state index contributed by atoms with van der Waals surface area (Å²) in [4.78, 5) is 0. The zero-order valence-corrected chi connectivity index (χ0v) is 10.4. The van der Waals surface area contributed by atoms with Gasteiger partial charge in [-0.1, -0.05) is 36.4 Å². The van der Waals surface area contributed by atoms with Crippen molar-refractivity contribution in [3.8, 4) is 0 Å². The zero-order chi connectivity index (χ0) is 14.8. The quantitative estimate of drug-likeness (QED) is 0.844. The van der Waals surface area contributed by atoms with Crippen LogP contribution < -0.4 is 0 Å². The van der Waals surface area contributed by atoms with Crippen molar-refractivity contribution in [2.24, 2.45) is 0 Å². The van der Waals surface area contributed by atoms with Crippen LogP contribution in [0.15, 0.2) is 48.5 Å². The number of benzene rings is 2. The summed E-state index contributed by atoms with van der Waals surface area (Å²) in [6, 6.07) is 10.8. The minimum atomic E-state index is -4.35. The van der Waals surface area contributed by atoms with Gasteiger partial charge < -0.3 is 5.11 Å². The van der Waals surface area contributed by atoms with Gasteiger partial charge in [-0.25, -0.2) is 4.39 Å². The minimum Gasteiger partial charge on any atom is -0.384 e. The Morgan fingerprint density at radius 3 is 2.15 bits per heavy atom. The lowest BCUT2D eigenvalue weighted by Gasteiger charge is -2.17. The van der Waals surface area contributed by atoms with Crippen molar-refractivity contribution < 1.29 is 22.7 Å². The van der Waals surface area contributed by atoms with Crippen LogP contribution in [0, 0.1) is 5.82 Å². The van der Waals surface area contributed by atoms with Gasteiger partial charge in [-0.15, -0.1) is 0 Å². The maximum Gasteiger partial charge on any atom is 0.393 e.